The second-order valence-electron chi connectivity index (χ2n) is 9.06. The third-order valence-electron chi connectivity index (χ3n) is 6.35. The molecule has 1 fully saturated rings. The molecule has 4 rings (SSSR count). The van der Waals surface area contributed by atoms with Gasteiger partial charge in [-0.1, -0.05) is 36.1 Å². The summed E-state index contributed by atoms with van der Waals surface area (Å²) < 4.78 is 0. The topological polar surface area (TPSA) is 139 Å². The number of benzene rings is 2. The van der Waals surface area contributed by atoms with Gasteiger partial charge < -0.3 is 25.6 Å². The fraction of sp³-hybridized carbons (Fsp3) is 0.321. The first kappa shape index (κ1) is 27.4. The van der Waals surface area contributed by atoms with E-state index in [0.29, 0.717) is 25.1 Å². The van der Waals surface area contributed by atoms with Crippen LogP contribution in [0, 0.1) is 11.8 Å². The lowest BCUT2D eigenvalue weighted by Gasteiger charge is -2.37. The van der Waals surface area contributed by atoms with E-state index >= 15 is 0 Å². The van der Waals surface area contributed by atoms with Gasteiger partial charge in [0.2, 0.25) is 11.7 Å². The van der Waals surface area contributed by atoms with E-state index in [1.165, 1.54) is 13.3 Å². The Balaban J connectivity index is 1.44. The van der Waals surface area contributed by atoms with Gasteiger partial charge in [-0.2, -0.15) is 11.8 Å². The fourth-order valence-electron chi connectivity index (χ4n) is 4.23. The Hall–Kier alpha value is -3.62. The maximum atomic E-state index is 11.8. The Kier molecular flexibility index (Phi) is 8.86. The normalized spacial score (nSPS) is 14.8. The lowest BCUT2D eigenvalue weighted by molar-refractivity contribution is -0.273. The van der Waals surface area contributed by atoms with Gasteiger partial charge in [-0.15, -0.1) is 0 Å². The average Bonchev–Trinajstić information content (AvgIpc) is 2.93. The summed E-state index contributed by atoms with van der Waals surface area (Å²) in [6.45, 7) is 2.85. The number of nitrogens with zero attached hydrogens (tertiary/aromatic N) is 2. The number of aromatic hydroxyl groups is 1. The van der Waals surface area contributed by atoms with E-state index in [2.05, 4.69) is 27.1 Å². The summed E-state index contributed by atoms with van der Waals surface area (Å²) in [5.41, 5.74) is 2.47. The summed E-state index contributed by atoms with van der Waals surface area (Å²) >= 11 is 1.80. The third kappa shape index (κ3) is 6.82. The van der Waals surface area contributed by atoms with E-state index < -0.39 is 23.1 Å². The third-order valence-corrected chi connectivity index (χ3v) is 7.30. The van der Waals surface area contributed by atoms with Crippen molar-refractivity contribution in [3.63, 3.8) is 0 Å². The minimum absolute atomic E-state index is 0.216. The second-order valence-corrected chi connectivity index (χ2v) is 10.3. The standard InChI is InChI=1S/C28H30N4O5S/c1-19(33)29-17-23(25-26(34)27(35)31-18-30-25)16-22-6-4-20(5-7-22)2-3-21-8-10-24(11-9-21)28(36,37)32-12-14-38-15-13-32/h4-11,18,23,34,36-37H,12-17H2,1H3,(H,29,33)(H,30,31,35). The zero-order chi connectivity index (χ0) is 27.1. The van der Waals surface area contributed by atoms with Crippen LogP contribution in [0.1, 0.15) is 40.8 Å². The molecule has 1 atom stereocenters. The smallest absolute Gasteiger partial charge is 0.293 e. The molecule has 1 aliphatic rings. The van der Waals surface area contributed by atoms with Gasteiger partial charge >= 0.3 is 0 Å². The summed E-state index contributed by atoms with van der Waals surface area (Å²) in [6, 6.07) is 14.5. The molecule has 2 aromatic carbocycles. The highest BCUT2D eigenvalue weighted by Gasteiger charge is 2.34. The molecule has 0 aliphatic carbocycles. The molecule has 2 heterocycles. The molecule has 38 heavy (non-hydrogen) atoms. The van der Waals surface area contributed by atoms with E-state index in [9.17, 15) is 24.9 Å². The number of rotatable bonds is 7. The fourth-order valence-corrected chi connectivity index (χ4v) is 5.13. The molecule has 5 N–H and O–H groups in total. The first-order valence-corrected chi connectivity index (χ1v) is 13.4. The summed E-state index contributed by atoms with van der Waals surface area (Å²) in [4.78, 5) is 31.4. The summed E-state index contributed by atoms with van der Waals surface area (Å²) in [5.74, 6) is 4.87. The zero-order valence-electron chi connectivity index (χ0n) is 21.0. The monoisotopic (exact) mass is 534 g/mol. The van der Waals surface area contributed by atoms with Gasteiger partial charge in [0.15, 0.2) is 0 Å². The second kappa shape index (κ2) is 12.3. The van der Waals surface area contributed by atoms with E-state index in [1.54, 1.807) is 40.9 Å². The average molecular weight is 535 g/mol. The van der Waals surface area contributed by atoms with Crippen LogP contribution in [0.25, 0.3) is 0 Å². The van der Waals surface area contributed by atoms with Crippen molar-refractivity contribution in [3.8, 4) is 17.6 Å². The molecule has 0 saturated carbocycles. The number of amides is 1. The Bertz CT molecular complexity index is 1370. The van der Waals surface area contributed by atoms with Crippen LogP contribution in [-0.4, -0.2) is 67.2 Å². The van der Waals surface area contributed by atoms with Crippen LogP contribution in [0.15, 0.2) is 59.7 Å². The lowest BCUT2D eigenvalue weighted by atomic mass is 9.94. The van der Waals surface area contributed by atoms with Crippen LogP contribution in [-0.2, 0) is 17.1 Å². The highest BCUT2D eigenvalue weighted by atomic mass is 32.2. The number of thioether (sulfide) groups is 1. The minimum Gasteiger partial charge on any atom is -0.502 e. The van der Waals surface area contributed by atoms with Crippen LogP contribution in [0.5, 0.6) is 5.75 Å². The maximum Gasteiger partial charge on any atom is 0.293 e. The van der Waals surface area contributed by atoms with Crippen LogP contribution >= 0.6 is 11.8 Å². The molecular weight excluding hydrogens is 504 g/mol. The Morgan fingerprint density at radius 2 is 1.71 bits per heavy atom. The van der Waals surface area contributed by atoms with Crippen molar-refractivity contribution in [3.05, 3.63) is 93.2 Å². The van der Waals surface area contributed by atoms with E-state index in [4.69, 9.17) is 0 Å². The van der Waals surface area contributed by atoms with Crippen molar-refractivity contribution in [2.75, 3.05) is 31.1 Å². The minimum atomic E-state index is -2.00. The van der Waals surface area contributed by atoms with E-state index in [1.807, 2.05) is 24.3 Å². The van der Waals surface area contributed by atoms with E-state index in [0.717, 1.165) is 28.2 Å². The van der Waals surface area contributed by atoms with Crippen molar-refractivity contribution < 1.29 is 20.1 Å². The highest BCUT2D eigenvalue weighted by molar-refractivity contribution is 7.99. The number of carbonyl (C=O) groups is 1. The van der Waals surface area contributed by atoms with Crippen LogP contribution in [0.4, 0.5) is 0 Å². The first-order valence-electron chi connectivity index (χ1n) is 12.2. The van der Waals surface area contributed by atoms with Gasteiger partial charge in [-0.3, -0.25) is 9.59 Å². The molecule has 9 nitrogen and oxygen atoms in total. The number of hydrogen-bond acceptors (Lipinski definition) is 8. The zero-order valence-corrected chi connectivity index (χ0v) is 21.8. The Morgan fingerprint density at radius 3 is 2.32 bits per heavy atom. The predicted octanol–water partition coefficient (Wildman–Crippen LogP) is 1.48. The molecule has 0 spiro atoms. The molecule has 1 unspecified atom stereocenters. The quantitative estimate of drug-likeness (QED) is 0.227. The van der Waals surface area contributed by atoms with Gasteiger partial charge in [-0.25, -0.2) is 9.88 Å². The van der Waals surface area contributed by atoms with Gasteiger partial charge in [0.1, 0.15) is 0 Å². The Morgan fingerprint density at radius 1 is 1.11 bits per heavy atom. The van der Waals surface area contributed by atoms with Crippen LogP contribution in [0.2, 0.25) is 0 Å². The summed E-state index contributed by atoms with van der Waals surface area (Å²) in [5, 5.41) is 34.2. The van der Waals surface area contributed by atoms with Crippen LogP contribution < -0.4 is 10.9 Å². The Labute approximate surface area is 224 Å². The number of H-pyrrole nitrogens is 1. The van der Waals surface area contributed by atoms with Crippen molar-refractivity contribution in [2.45, 2.75) is 25.2 Å². The van der Waals surface area contributed by atoms with Gasteiger partial charge in [0.05, 0.1) is 12.0 Å². The molecule has 0 bridgehead atoms. The largest absolute Gasteiger partial charge is 0.502 e. The number of carbonyl (C=O) groups excluding carboxylic acids is 1. The van der Waals surface area contributed by atoms with Crippen LogP contribution in [0.3, 0.4) is 0 Å². The van der Waals surface area contributed by atoms with Gasteiger partial charge in [0.25, 0.3) is 11.5 Å². The molecule has 10 heteroatoms. The number of aliphatic hydroxyl groups is 2. The number of hydrogen-bond donors (Lipinski definition) is 5. The molecule has 1 amide bonds. The van der Waals surface area contributed by atoms with Gasteiger partial charge in [-0.05, 0) is 36.2 Å². The summed E-state index contributed by atoms with van der Waals surface area (Å²) in [6.07, 6.45) is 1.68. The molecular formula is C28H30N4O5S. The van der Waals surface area contributed by atoms with Gasteiger partial charge in [0, 0.05) is 60.7 Å². The molecule has 1 saturated heterocycles. The van der Waals surface area contributed by atoms with Crippen molar-refractivity contribution in [2.24, 2.45) is 0 Å². The number of aromatic amines is 1. The lowest BCUT2D eigenvalue weighted by Crippen LogP contribution is -2.49. The SMILES string of the molecule is CC(=O)NCC(Cc1ccc(C#Cc2ccc(C(O)(O)N3CCSCC3)cc2)cc1)c1nc[nH]c(=O)c1O. The molecule has 1 aromatic heterocycles. The molecule has 0 radical (unpaired) electrons. The van der Waals surface area contributed by atoms with Crippen molar-refractivity contribution in [1.82, 2.24) is 20.2 Å². The predicted molar refractivity (Wildman–Crippen MR) is 146 cm³/mol. The highest BCUT2D eigenvalue weighted by Crippen LogP contribution is 2.26. The maximum absolute atomic E-state index is 11.8. The molecule has 3 aromatic rings. The number of aromatic nitrogens is 2. The first-order chi connectivity index (χ1) is 18.2. The van der Waals surface area contributed by atoms with Crippen molar-refractivity contribution >= 4 is 17.7 Å². The molecule has 1 aliphatic heterocycles. The van der Waals surface area contributed by atoms with Crippen molar-refractivity contribution in [1.29, 1.82) is 0 Å². The summed E-state index contributed by atoms with van der Waals surface area (Å²) in [7, 11) is 0. The number of nitrogens with one attached hydrogen (secondary N) is 2. The molecule has 198 valence electrons. The van der Waals surface area contributed by atoms with E-state index in [-0.39, 0.29) is 18.1 Å².